The summed E-state index contributed by atoms with van der Waals surface area (Å²) in [5.41, 5.74) is 1.86. The van der Waals surface area contributed by atoms with Gasteiger partial charge in [-0.1, -0.05) is 63.0 Å². The zero-order chi connectivity index (χ0) is 19.6. The number of benzene rings is 3. The van der Waals surface area contributed by atoms with Gasteiger partial charge in [-0.25, -0.2) is 0 Å². The van der Waals surface area contributed by atoms with Gasteiger partial charge in [0.15, 0.2) is 0 Å². The van der Waals surface area contributed by atoms with Crippen LogP contribution in [0.5, 0.6) is 11.5 Å². The molecule has 0 saturated heterocycles. The molecule has 0 aliphatic heterocycles. The van der Waals surface area contributed by atoms with E-state index in [0.717, 1.165) is 40.7 Å². The molecule has 0 bridgehead atoms. The summed E-state index contributed by atoms with van der Waals surface area (Å²) >= 11 is 0. The molecule has 3 aromatic rings. The Labute approximate surface area is 168 Å². The number of hydrogen-bond donors (Lipinski definition) is 1. The van der Waals surface area contributed by atoms with Gasteiger partial charge in [0.1, 0.15) is 11.5 Å². The maximum atomic E-state index is 9.34. The van der Waals surface area contributed by atoms with Crippen LogP contribution in [0, 0.1) is 11.8 Å². The van der Waals surface area contributed by atoms with Crippen LogP contribution in [0.15, 0.2) is 60.7 Å². The first-order valence-electron chi connectivity index (χ1n) is 10.2. The van der Waals surface area contributed by atoms with E-state index >= 15 is 0 Å². The molecular formula is C26H28O2. The van der Waals surface area contributed by atoms with E-state index in [2.05, 4.69) is 43.0 Å². The first-order chi connectivity index (χ1) is 13.7. The molecule has 3 rings (SSSR count). The summed E-state index contributed by atoms with van der Waals surface area (Å²) in [5.74, 6) is 7.51. The highest BCUT2D eigenvalue weighted by atomic mass is 16.5. The Balaban J connectivity index is 1.57. The molecule has 0 heterocycles. The van der Waals surface area contributed by atoms with Crippen molar-refractivity contribution in [3.63, 3.8) is 0 Å². The lowest BCUT2D eigenvalue weighted by atomic mass is 10.1. The van der Waals surface area contributed by atoms with Gasteiger partial charge in [-0.3, -0.25) is 0 Å². The average molecular weight is 373 g/mol. The fraction of sp³-hybridized carbons (Fsp3) is 0.308. The standard InChI is InChI=1S/C26H28O2/c1-2-3-4-5-6-7-18-28-26-17-14-23-19-22(10-13-24(23)20-26)9-8-21-11-15-25(27)16-12-21/h10-17,19-20,27H,2-7,18H2,1H3. The predicted molar refractivity (Wildman–Crippen MR) is 117 cm³/mol. The van der Waals surface area contributed by atoms with Crippen LogP contribution in [0.2, 0.25) is 0 Å². The van der Waals surface area contributed by atoms with Crippen LogP contribution in [0.25, 0.3) is 10.8 Å². The van der Waals surface area contributed by atoms with Gasteiger partial charge in [0.2, 0.25) is 0 Å². The fourth-order valence-electron chi connectivity index (χ4n) is 3.15. The second kappa shape index (κ2) is 10.4. The zero-order valence-corrected chi connectivity index (χ0v) is 16.6. The van der Waals surface area contributed by atoms with Gasteiger partial charge < -0.3 is 9.84 Å². The van der Waals surface area contributed by atoms with Crippen LogP contribution in [0.1, 0.15) is 56.6 Å². The van der Waals surface area contributed by atoms with E-state index in [-0.39, 0.29) is 5.75 Å². The monoisotopic (exact) mass is 372 g/mol. The van der Waals surface area contributed by atoms with E-state index < -0.39 is 0 Å². The van der Waals surface area contributed by atoms with Crippen LogP contribution in [0.3, 0.4) is 0 Å². The number of rotatable bonds is 8. The molecule has 0 saturated carbocycles. The smallest absolute Gasteiger partial charge is 0.119 e. The maximum absolute atomic E-state index is 9.34. The molecule has 144 valence electrons. The van der Waals surface area contributed by atoms with E-state index in [1.165, 1.54) is 32.1 Å². The lowest BCUT2D eigenvalue weighted by Crippen LogP contribution is -1.97. The summed E-state index contributed by atoms with van der Waals surface area (Å²) in [5, 5.41) is 11.7. The zero-order valence-electron chi connectivity index (χ0n) is 16.6. The second-order valence-electron chi connectivity index (χ2n) is 7.14. The Morgan fingerprint density at radius 1 is 0.714 bits per heavy atom. The molecule has 0 aromatic heterocycles. The Bertz CT molecular complexity index is 946. The minimum Gasteiger partial charge on any atom is -0.508 e. The normalized spacial score (nSPS) is 10.5. The lowest BCUT2D eigenvalue weighted by molar-refractivity contribution is 0.305. The molecule has 0 radical (unpaired) electrons. The van der Waals surface area contributed by atoms with Crippen molar-refractivity contribution < 1.29 is 9.84 Å². The topological polar surface area (TPSA) is 29.5 Å². The van der Waals surface area contributed by atoms with Gasteiger partial charge in [-0.05, 0) is 65.7 Å². The number of hydrogen-bond acceptors (Lipinski definition) is 2. The highest BCUT2D eigenvalue weighted by Crippen LogP contribution is 2.22. The Kier molecular flexibility index (Phi) is 7.38. The second-order valence-corrected chi connectivity index (χ2v) is 7.14. The third-order valence-corrected chi connectivity index (χ3v) is 4.80. The molecule has 28 heavy (non-hydrogen) atoms. The van der Waals surface area contributed by atoms with Crippen molar-refractivity contribution in [2.24, 2.45) is 0 Å². The number of phenols is 1. The minimum absolute atomic E-state index is 0.255. The number of phenolic OH excluding ortho intramolecular Hbond substituents is 1. The van der Waals surface area contributed by atoms with Crippen molar-refractivity contribution in [2.75, 3.05) is 6.61 Å². The van der Waals surface area contributed by atoms with Crippen molar-refractivity contribution in [3.8, 4) is 23.3 Å². The van der Waals surface area contributed by atoms with Gasteiger partial charge in [0.25, 0.3) is 0 Å². The van der Waals surface area contributed by atoms with E-state index in [1.54, 1.807) is 12.1 Å². The number of unbranched alkanes of at least 4 members (excludes halogenated alkanes) is 5. The first kappa shape index (κ1) is 19.8. The summed E-state index contributed by atoms with van der Waals surface area (Å²) in [6.07, 6.45) is 7.64. The van der Waals surface area contributed by atoms with Crippen molar-refractivity contribution in [1.82, 2.24) is 0 Å². The van der Waals surface area contributed by atoms with E-state index in [0.29, 0.717) is 0 Å². The number of fused-ring (bicyclic) bond motifs is 1. The van der Waals surface area contributed by atoms with Crippen molar-refractivity contribution in [3.05, 3.63) is 71.8 Å². The Hall–Kier alpha value is -2.92. The summed E-state index contributed by atoms with van der Waals surface area (Å²) in [6, 6.07) is 19.4. The van der Waals surface area contributed by atoms with Crippen LogP contribution in [-0.2, 0) is 0 Å². The lowest BCUT2D eigenvalue weighted by Gasteiger charge is -2.07. The molecule has 0 aliphatic carbocycles. The molecule has 0 unspecified atom stereocenters. The molecule has 0 atom stereocenters. The first-order valence-corrected chi connectivity index (χ1v) is 10.2. The van der Waals surface area contributed by atoms with Gasteiger partial charge in [-0.2, -0.15) is 0 Å². The quantitative estimate of drug-likeness (QED) is 0.353. The molecule has 2 nitrogen and oxygen atoms in total. The Morgan fingerprint density at radius 3 is 2.18 bits per heavy atom. The molecule has 0 aliphatic rings. The maximum Gasteiger partial charge on any atom is 0.119 e. The summed E-state index contributed by atoms with van der Waals surface area (Å²) in [6.45, 7) is 3.03. The van der Waals surface area contributed by atoms with Gasteiger partial charge in [0, 0.05) is 11.1 Å². The molecule has 0 amide bonds. The van der Waals surface area contributed by atoms with E-state index in [4.69, 9.17) is 4.74 Å². The van der Waals surface area contributed by atoms with E-state index in [9.17, 15) is 5.11 Å². The van der Waals surface area contributed by atoms with Crippen LogP contribution in [0.4, 0.5) is 0 Å². The largest absolute Gasteiger partial charge is 0.508 e. The van der Waals surface area contributed by atoms with Gasteiger partial charge in [-0.15, -0.1) is 0 Å². The minimum atomic E-state index is 0.255. The van der Waals surface area contributed by atoms with Crippen LogP contribution >= 0.6 is 0 Å². The van der Waals surface area contributed by atoms with Gasteiger partial charge in [0.05, 0.1) is 6.61 Å². The summed E-state index contributed by atoms with van der Waals surface area (Å²) < 4.78 is 5.92. The van der Waals surface area contributed by atoms with Crippen LogP contribution < -0.4 is 4.74 Å². The third kappa shape index (κ3) is 6.06. The molecule has 1 N–H and O–H groups in total. The fourth-order valence-corrected chi connectivity index (χ4v) is 3.15. The van der Waals surface area contributed by atoms with Crippen LogP contribution in [-0.4, -0.2) is 11.7 Å². The number of ether oxygens (including phenoxy) is 1. The highest BCUT2D eigenvalue weighted by Gasteiger charge is 1.99. The molecule has 0 spiro atoms. The molecule has 2 heteroatoms. The van der Waals surface area contributed by atoms with E-state index in [1.807, 2.05) is 24.3 Å². The third-order valence-electron chi connectivity index (χ3n) is 4.80. The van der Waals surface area contributed by atoms with Crippen molar-refractivity contribution in [2.45, 2.75) is 45.4 Å². The molecule has 0 fully saturated rings. The summed E-state index contributed by atoms with van der Waals surface area (Å²) in [7, 11) is 0. The Morgan fingerprint density at radius 2 is 1.36 bits per heavy atom. The average Bonchev–Trinajstić information content (AvgIpc) is 2.72. The summed E-state index contributed by atoms with van der Waals surface area (Å²) in [4.78, 5) is 0. The van der Waals surface area contributed by atoms with Gasteiger partial charge >= 0.3 is 0 Å². The molecule has 3 aromatic carbocycles. The van der Waals surface area contributed by atoms with Crippen molar-refractivity contribution >= 4 is 10.8 Å². The number of aromatic hydroxyl groups is 1. The predicted octanol–water partition coefficient (Wildman–Crippen LogP) is 6.68. The SMILES string of the molecule is CCCCCCCCOc1ccc2cc(C#Cc3ccc(O)cc3)ccc2c1. The molecular weight excluding hydrogens is 344 g/mol. The highest BCUT2D eigenvalue weighted by molar-refractivity contribution is 5.85. The van der Waals surface area contributed by atoms with Crippen molar-refractivity contribution in [1.29, 1.82) is 0 Å².